The fraction of sp³-hybridized carbons (Fsp3) is 0.353. The first kappa shape index (κ1) is 15.4. The van der Waals surface area contributed by atoms with Crippen LogP contribution < -0.4 is 10.1 Å². The van der Waals surface area contributed by atoms with Crippen molar-refractivity contribution in [1.82, 2.24) is 10.3 Å². The second-order valence-corrected chi connectivity index (χ2v) is 5.51. The lowest BCUT2D eigenvalue weighted by Gasteiger charge is -2.11. The molecular formula is C17H21FN2O. The molecule has 0 aliphatic heterocycles. The molecule has 0 saturated carbocycles. The molecule has 1 aromatic carbocycles. The Hall–Kier alpha value is -1.94. The zero-order valence-electron chi connectivity index (χ0n) is 12.9. The van der Waals surface area contributed by atoms with Crippen LogP contribution in [0.5, 0.6) is 11.6 Å². The van der Waals surface area contributed by atoms with Crippen LogP contribution in [0.15, 0.2) is 30.5 Å². The quantitative estimate of drug-likeness (QED) is 0.898. The van der Waals surface area contributed by atoms with Gasteiger partial charge in [0.15, 0.2) is 0 Å². The first-order valence-electron chi connectivity index (χ1n) is 7.08. The van der Waals surface area contributed by atoms with Gasteiger partial charge in [0.25, 0.3) is 0 Å². The van der Waals surface area contributed by atoms with E-state index in [0.717, 1.165) is 17.7 Å². The van der Waals surface area contributed by atoms with Crippen molar-refractivity contribution in [2.45, 2.75) is 40.3 Å². The van der Waals surface area contributed by atoms with E-state index in [1.54, 1.807) is 25.3 Å². The summed E-state index contributed by atoms with van der Waals surface area (Å²) >= 11 is 0. The van der Waals surface area contributed by atoms with Crippen molar-refractivity contribution >= 4 is 0 Å². The highest BCUT2D eigenvalue weighted by Crippen LogP contribution is 2.24. The molecule has 1 N–H and O–H groups in total. The van der Waals surface area contributed by atoms with Gasteiger partial charge in [0.1, 0.15) is 11.6 Å². The van der Waals surface area contributed by atoms with Crippen LogP contribution in [0.2, 0.25) is 0 Å². The third-order valence-corrected chi connectivity index (χ3v) is 3.15. The molecule has 21 heavy (non-hydrogen) atoms. The average molecular weight is 288 g/mol. The Morgan fingerprint density at radius 2 is 1.95 bits per heavy atom. The molecule has 1 aromatic heterocycles. The van der Waals surface area contributed by atoms with Crippen LogP contribution in [0.3, 0.4) is 0 Å². The molecule has 0 saturated heterocycles. The third kappa shape index (κ3) is 4.26. The summed E-state index contributed by atoms with van der Waals surface area (Å²) in [7, 11) is 0. The monoisotopic (exact) mass is 288 g/mol. The number of halogens is 1. The Morgan fingerprint density at radius 3 is 2.57 bits per heavy atom. The normalized spacial score (nSPS) is 11.0. The molecule has 0 spiro atoms. The average Bonchev–Trinajstić information content (AvgIpc) is 2.43. The van der Waals surface area contributed by atoms with Gasteiger partial charge < -0.3 is 10.1 Å². The number of hydrogen-bond acceptors (Lipinski definition) is 3. The Morgan fingerprint density at radius 1 is 1.19 bits per heavy atom. The van der Waals surface area contributed by atoms with E-state index in [0.29, 0.717) is 23.2 Å². The maximum atomic E-state index is 13.2. The molecule has 0 fully saturated rings. The highest BCUT2D eigenvalue weighted by Gasteiger charge is 2.06. The zero-order valence-corrected chi connectivity index (χ0v) is 12.9. The van der Waals surface area contributed by atoms with E-state index in [4.69, 9.17) is 4.74 Å². The largest absolute Gasteiger partial charge is 0.439 e. The Bertz CT molecular complexity index is 626. The molecule has 0 radical (unpaired) electrons. The Labute approximate surface area is 125 Å². The lowest BCUT2D eigenvalue weighted by atomic mass is 10.2. The fourth-order valence-corrected chi connectivity index (χ4v) is 1.94. The predicted octanol–water partition coefficient (Wildman–Crippen LogP) is 4.13. The number of benzene rings is 1. The van der Waals surface area contributed by atoms with Crippen LogP contribution in [0.4, 0.5) is 4.39 Å². The fourth-order valence-electron chi connectivity index (χ4n) is 1.94. The lowest BCUT2D eigenvalue weighted by Crippen LogP contribution is -2.21. The Kier molecular flexibility index (Phi) is 4.91. The molecule has 0 atom stereocenters. The van der Waals surface area contributed by atoms with Gasteiger partial charge in [-0.1, -0.05) is 13.8 Å². The van der Waals surface area contributed by atoms with Crippen molar-refractivity contribution in [2.24, 2.45) is 0 Å². The van der Waals surface area contributed by atoms with Gasteiger partial charge in [-0.15, -0.1) is 0 Å². The zero-order chi connectivity index (χ0) is 15.4. The molecule has 112 valence electrons. The molecule has 1 heterocycles. The van der Waals surface area contributed by atoms with Crippen LogP contribution in [0.25, 0.3) is 0 Å². The van der Waals surface area contributed by atoms with Gasteiger partial charge in [-0.2, -0.15) is 0 Å². The van der Waals surface area contributed by atoms with Gasteiger partial charge >= 0.3 is 0 Å². The lowest BCUT2D eigenvalue weighted by molar-refractivity contribution is 0.455. The van der Waals surface area contributed by atoms with E-state index in [2.05, 4.69) is 24.1 Å². The van der Waals surface area contributed by atoms with E-state index >= 15 is 0 Å². The van der Waals surface area contributed by atoms with Crippen molar-refractivity contribution in [3.63, 3.8) is 0 Å². The SMILES string of the molecule is Cc1cc(Oc2ncc(CNC(C)C)cc2C)ccc1F. The number of hydrogen-bond donors (Lipinski definition) is 1. The summed E-state index contributed by atoms with van der Waals surface area (Å²) in [4.78, 5) is 4.35. The van der Waals surface area contributed by atoms with E-state index < -0.39 is 0 Å². The van der Waals surface area contributed by atoms with Gasteiger partial charge in [0.05, 0.1) is 0 Å². The smallest absolute Gasteiger partial charge is 0.222 e. The Balaban J connectivity index is 2.11. The highest BCUT2D eigenvalue weighted by atomic mass is 19.1. The summed E-state index contributed by atoms with van der Waals surface area (Å²) in [5.74, 6) is 0.911. The van der Waals surface area contributed by atoms with Crippen molar-refractivity contribution in [1.29, 1.82) is 0 Å². The number of nitrogens with zero attached hydrogens (tertiary/aromatic N) is 1. The predicted molar refractivity (Wildman–Crippen MR) is 82.2 cm³/mol. The first-order chi connectivity index (χ1) is 9.95. The van der Waals surface area contributed by atoms with Gasteiger partial charge in [0.2, 0.25) is 5.88 Å². The molecular weight excluding hydrogens is 267 g/mol. The molecule has 2 aromatic rings. The van der Waals surface area contributed by atoms with E-state index in [1.165, 1.54) is 6.07 Å². The number of pyridine rings is 1. The van der Waals surface area contributed by atoms with Crippen molar-refractivity contribution < 1.29 is 9.13 Å². The molecule has 4 heteroatoms. The standard InChI is InChI=1S/C17H21FN2O/c1-11(2)19-9-14-7-13(4)17(20-10-14)21-15-5-6-16(18)12(3)8-15/h5-8,10-11,19H,9H2,1-4H3. The van der Waals surface area contributed by atoms with Crippen LogP contribution in [0, 0.1) is 19.7 Å². The van der Waals surface area contributed by atoms with Crippen molar-refractivity contribution in [2.75, 3.05) is 0 Å². The molecule has 3 nitrogen and oxygen atoms in total. The highest BCUT2D eigenvalue weighted by molar-refractivity contribution is 5.35. The maximum absolute atomic E-state index is 13.2. The van der Waals surface area contributed by atoms with Gasteiger partial charge in [-0.3, -0.25) is 0 Å². The second-order valence-electron chi connectivity index (χ2n) is 5.51. The number of ether oxygens (including phenoxy) is 1. The topological polar surface area (TPSA) is 34.1 Å². The number of aromatic nitrogens is 1. The number of aryl methyl sites for hydroxylation is 2. The number of rotatable bonds is 5. The summed E-state index contributed by atoms with van der Waals surface area (Å²) < 4.78 is 19.0. The molecule has 0 aliphatic rings. The minimum absolute atomic E-state index is 0.234. The van der Waals surface area contributed by atoms with Crippen molar-refractivity contribution in [3.8, 4) is 11.6 Å². The van der Waals surface area contributed by atoms with Crippen LogP contribution in [0.1, 0.15) is 30.5 Å². The van der Waals surface area contributed by atoms with Gasteiger partial charge in [0, 0.05) is 24.3 Å². The molecule has 0 bridgehead atoms. The summed E-state index contributed by atoms with van der Waals surface area (Å²) in [6.45, 7) is 8.66. The van der Waals surface area contributed by atoms with E-state index in [9.17, 15) is 4.39 Å². The number of nitrogens with one attached hydrogen (secondary N) is 1. The summed E-state index contributed by atoms with van der Waals surface area (Å²) in [6, 6.07) is 7.17. The van der Waals surface area contributed by atoms with Crippen LogP contribution in [-0.4, -0.2) is 11.0 Å². The molecule has 0 unspecified atom stereocenters. The summed E-state index contributed by atoms with van der Waals surface area (Å²) in [5.41, 5.74) is 2.63. The maximum Gasteiger partial charge on any atom is 0.222 e. The second kappa shape index (κ2) is 6.68. The van der Waals surface area contributed by atoms with Gasteiger partial charge in [-0.25, -0.2) is 9.37 Å². The summed E-state index contributed by atoms with van der Waals surface area (Å²) in [6.07, 6.45) is 1.80. The molecule has 0 aliphatic carbocycles. The van der Waals surface area contributed by atoms with Crippen LogP contribution >= 0.6 is 0 Å². The first-order valence-corrected chi connectivity index (χ1v) is 7.08. The van der Waals surface area contributed by atoms with E-state index in [-0.39, 0.29) is 5.82 Å². The molecule has 2 rings (SSSR count). The molecule has 0 amide bonds. The van der Waals surface area contributed by atoms with Gasteiger partial charge in [-0.05, 0) is 49.2 Å². The van der Waals surface area contributed by atoms with E-state index in [1.807, 2.05) is 13.0 Å². The minimum atomic E-state index is -0.234. The van der Waals surface area contributed by atoms with Crippen LogP contribution in [-0.2, 0) is 6.54 Å². The van der Waals surface area contributed by atoms with Crippen molar-refractivity contribution in [3.05, 3.63) is 53.0 Å². The summed E-state index contributed by atoms with van der Waals surface area (Å²) in [5, 5.41) is 3.35. The minimum Gasteiger partial charge on any atom is -0.439 e. The third-order valence-electron chi connectivity index (χ3n) is 3.15.